The molecule has 1 unspecified atom stereocenters. The summed E-state index contributed by atoms with van der Waals surface area (Å²) in [4.78, 5) is 15.3. The Kier molecular flexibility index (Phi) is 4.76. The van der Waals surface area contributed by atoms with E-state index in [0.29, 0.717) is 6.61 Å². The van der Waals surface area contributed by atoms with E-state index in [-0.39, 0.29) is 17.8 Å². The van der Waals surface area contributed by atoms with Gasteiger partial charge in [-0.15, -0.1) is 0 Å². The SMILES string of the molecule is CCCC(COC)NC(=O)c1ncn[nH]1. The molecule has 0 aliphatic rings. The predicted molar refractivity (Wildman–Crippen MR) is 54.4 cm³/mol. The summed E-state index contributed by atoms with van der Waals surface area (Å²) in [6.45, 7) is 2.57. The van der Waals surface area contributed by atoms with Crippen LogP contribution in [-0.4, -0.2) is 40.8 Å². The van der Waals surface area contributed by atoms with Gasteiger partial charge < -0.3 is 10.1 Å². The zero-order chi connectivity index (χ0) is 11.1. The van der Waals surface area contributed by atoms with Crippen molar-refractivity contribution in [1.29, 1.82) is 0 Å². The average molecular weight is 212 g/mol. The summed E-state index contributed by atoms with van der Waals surface area (Å²) >= 11 is 0. The number of nitrogens with zero attached hydrogens (tertiary/aromatic N) is 2. The van der Waals surface area contributed by atoms with E-state index in [9.17, 15) is 4.79 Å². The van der Waals surface area contributed by atoms with Crippen molar-refractivity contribution in [3.8, 4) is 0 Å². The first kappa shape index (κ1) is 11.6. The molecule has 6 nitrogen and oxygen atoms in total. The Labute approximate surface area is 88.4 Å². The third-order valence-electron chi connectivity index (χ3n) is 1.97. The maximum absolute atomic E-state index is 11.6. The first-order chi connectivity index (χ1) is 7.27. The Morgan fingerprint density at radius 2 is 2.53 bits per heavy atom. The molecule has 1 rings (SSSR count). The lowest BCUT2D eigenvalue weighted by atomic mass is 10.2. The van der Waals surface area contributed by atoms with E-state index in [1.54, 1.807) is 7.11 Å². The average Bonchev–Trinajstić information content (AvgIpc) is 2.71. The highest BCUT2D eigenvalue weighted by atomic mass is 16.5. The fraction of sp³-hybridized carbons (Fsp3) is 0.667. The van der Waals surface area contributed by atoms with Crippen molar-refractivity contribution < 1.29 is 9.53 Å². The Morgan fingerprint density at radius 1 is 1.73 bits per heavy atom. The number of hydrogen-bond acceptors (Lipinski definition) is 4. The number of aromatic nitrogens is 3. The standard InChI is InChI=1S/C9H16N4O2/c1-3-4-7(5-15-2)12-9(14)8-10-6-11-13-8/h6-7H,3-5H2,1-2H3,(H,12,14)(H,10,11,13). The number of rotatable bonds is 6. The molecule has 0 aromatic carbocycles. The van der Waals surface area contributed by atoms with Gasteiger partial charge in [0.2, 0.25) is 5.82 Å². The number of ether oxygens (including phenoxy) is 1. The lowest BCUT2D eigenvalue weighted by Crippen LogP contribution is -2.38. The van der Waals surface area contributed by atoms with E-state index in [1.165, 1.54) is 6.33 Å². The van der Waals surface area contributed by atoms with Crippen molar-refractivity contribution in [2.24, 2.45) is 0 Å². The second-order valence-electron chi connectivity index (χ2n) is 3.25. The van der Waals surface area contributed by atoms with Crippen molar-refractivity contribution >= 4 is 5.91 Å². The van der Waals surface area contributed by atoms with Gasteiger partial charge in [0.1, 0.15) is 6.33 Å². The monoisotopic (exact) mass is 212 g/mol. The summed E-state index contributed by atoms with van der Waals surface area (Å²) in [6.07, 6.45) is 3.18. The van der Waals surface area contributed by atoms with E-state index in [4.69, 9.17) is 4.74 Å². The number of carbonyl (C=O) groups is 1. The summed E-state index contributed by atoms with van der Waals surface area (Å²) in [7, 11) is 1.61. The van der Waals surface area contributed by atoms with Crippen LogP contribution in [0.2, 0.25) is 0 Å². The molecule has 15 heavy (non-hydrogen) atoms. The molecule has 6 heteroatoms. The molecular formula is C9H16N4O2. The van der Waals surface area contributed by atoms with Gasteiger partial charge >= 0.3 is 0 Å². The van der Waals surface area contributed by atoms with Gasteiger partial charge in [-0.05, 0) is 6.42 Å². The summed E-state index contributed by atoms with van der Waals surface area (Å²) in [5.74, 6) is -0.0183. The van der Waals surface area contributed by atoms with Crippen LogP contribution in [-0.2, 0) is 4.74 Å². The highest BCUT2D eigenvalue weighted by Gasteiger charge is 2.14. The maximum Gasteiger partial charge on any atom is 0.288 e. The van der Waals surface area contributed by atoms with Crippen LogP contribution in [0, 0.1) is 0 Å². The van der Waals surface area contributed by atoms with Crippen molar-refractivity contribution in [3.05, 3.63) is 12.2 Å². The van der Waals surface area contributed by atoms with E-state index >= 15 is 0 Å². The predicted octanol–water partition coefficient (Wildman–Crippen LogP) is 0.350. The fourth-order valence-electron chi connectivity index (χ4n) is 1.32. The van der Waals surface area contributed by atoms with Gasteiger partial charge in [0.05, 0.1) is 12.6 Å². The zero-order valence-corrected chi connectivity index (χ0v) is 8.99. The molecular weight excluding hydrogens is 196 g/mol. The molecule has 1 amide bonds. The first-order valence-corrected chi connectivity index (χ1v) is 4.93. The van der Waals surface area contributed by atoms with E-state index in [2.05, 4.69) is 27.4 Å². The van der Waals surface area contributed by atoms with Gasteiger partial charge in [-0.1, -0.05) is 13.3 Å². The summed E-state index contributed by atoms with van der Waals surface area (Å²) in [6, 6.07) is 0.0256. The second kappa shape index (κ2) is 6.13. The fourth-order valence-corrected chi connectivity index (χ4v) is 1.32. The number of aromatic amines is 1. The number of H-pyrrole nitrogens is 1. The van der Waals surface area contributed by atoms with Crippen LogP contribution in [0.25, 0.3) is 0 Å². The molecule has 2 N–H and O–H groups in total. The van der Waals surface area contributed by atoms with Crippen LogP contribution >= 0.6 is 0 Å². The molecule has 1 atom stereocenters. The summed E-state index contributed by atoms with van der Waals surface area (Å²) in [5.41, 5.74) is 0. The van der Waals surface area contributed by atoms with Crippen LogP contribution < -0.4 is 5.32 Å². The summed E-state index contributed by atoms with van der Waals surface area (Å²) < 4.78 is 5.01. The minimum atomic E-state index is -0.247. The Morgan fingerprint density at radius 3 is 3.07 bits per heavy atom. The zero-order valence-electron chi connectivity index (χ0n) is 8.99. The molecule has 0 aliphatic carbocycles. The van der Waals surface area contributed by atoms with Crippen molar-refractivity contribution in [1.82, 2.24) is 20.5 Å². The lowest BCUT2D eigenvalue weighted by Gasteiger charge is -2.15. The Balaban J connectivity index is 2.47. The van der Waals surface area contributed by atoms with Crippen molar-refractivity contribution in [2.45, 2.75) is 25.8 Å². The number of carbonyl (C=O) groups excluding carboxylic acids is 1. The van der Waals surface area contributed by atoms with Crippen molar-refractivity contribution in [3.63, 3.8) is 0 Å². The smallest absolute Gasteiger partial charge is 0.288 e. The van der Waals surface area contributed by atoms with E-state index in [0.717, 1.165) is 12.8 Å². The van der Waals surface area contributed by atoms with Gasteiger partial charge in [0.15, 0.2) is 0 Å². The molecule has 0 aliphatic heterocycles. The third kappa shape index (κ3) is 3.67. The molecule has 0 fully saturated rings. The van der Waals surface area contributed by atoms with Gasteiger partial charge in [0.25, 0.3) is 5.91 Å². The van der Waals surface area contributed by atoms with Gasteiger partial charge in [0, 0.05) is 7.11 Å². The first-order valence-electron chi connectivity index (χ1n) is 4.93. The van der Waals surface area contributed by atoms with Crippen LogP contribution in [0.1, 0.15) is 30.4 Å². The molecule has 84 valence electrons. The molecule has 1 aromatic heterocycles. The molecule has 0 spiro atoms. The second-order valence-corrected chi connectivity index (χ2v) is 3.25. The molecule has 0 radical (unpaired) electrons. The van der Waals surface area contributed by atoms with Gasteiger partial charge in [-0.25, -0.2) is 4.98 Å². The van der Waals surface area contributed by atoms with E-state index in [1.807, 2.05) is 0 Å². The van der Waals surface area contributed by atoms with Gasteiger partial charge in [-0.3, -0.25) is 9.89 Å². The number of hydrogen-bond donors (Lipinski definition) is 2. The topological polar surface area (TPSA) is 79.9 Å². The molecule has 0 bridgehead atoms. The van der Waals surface area contributed by atoms with Crippen LogP contribution in [0.4, 0.5) is 0 Å². The molecule has 1 aromatic rings. The number of nitrogens with one attached hydrogen (secondary N) is 2. The van der Waals surface area contributed by atoms with Gasteiger partial charge in [-0.2, -0.15) is 5.10 Å². The maximum atomic E-state index is 11.6. The summed E-state index contributed by atoms with van der Waals surface area (Å²) in [5, 5.41) is 8.95. The number of methoxy groups -OCH3 is 1. The lowest BCUT2D eigenvalue weighted by molar-refractivity contribution is 0.0881. The van der Waals surface area contributed by atoms with Crippen molar-refractivity contribution in [2.75, 3.05) is 13.7 Å². The van der Waals surface area contributed by atoms with Crippen LogP contribution in [0.5, 0.6) is 0 Å². The normalized spacial score (nSPS) is 12.4. The van der Waals surface area contributed by atoms with Crippen LogP contribution in [0.3, 0.4) is 0 Å². The van der Waals surface area contributed by atoms with E-state index < -0.39 is 0 Å². The van der Waals surface area contributed by atoms with Crippen LogP contribution in [0.15, 0.2) is 6.33 Å². The molecule has 0 saturated carbocycles. The highest BCUT2D eigenvalue weighted by Crippen LogP contribution is 1.98. The quantitative estimate of drug-likeness (QED) is 0.713. The Hall–Kier alpha value is -1.43. The molecule has 1 heterocycles. The number of amides is 1. The highest BCUT2D eigenvalue weighted by molar-refractivity contribution is 5.90. The minimum absolute atomic E-state index is 0.0256. The molecule has 0 saturated heterocycles. The third-order valence-corrected chi connectivity index (χ3v) is 1.97. The Bertz CT molecular complexity index is 280. The largest absolute Gasteiger partial charge is 0.383 e. The minimum Gasteiger partial charge on any atom is -0.383 e.